The van der Waals surface area contributed by atoms with Crippen LogP contribution in [0.2, 0.25) is 0 Å². The SMILES string of the molecule is CCCC(C(=O)O)N1CCC(CNC(C)(C)C)CC1. The van der Waals surface area contributed by atoms with Gasteiger partial charge in [-0.15, -0.1) is 0 Å². The van der Waals surface area contributed by atoms with Crippen LogP contribution in [-0.2, 0) is 4.79 Å². The second kappa shape index (κ2) is 7.25. The first-order valence-corrected chi connectivity index (χ1v) is 7.55. The number of hydrogen-bond acceptors (Lipinski definition) is 3. The molecule has 1 aliphatic heterocycles. The number of aliphatic carboxylic acids is 1. The van der Waals surface area contributed by atoms with Crippen LogP contribution < -0.4 is 5.32 Å². The summed E-state index contributed by atoms with van der Waals surface area (Å²) in [5.74, 6) is 0.0275. The minimum Gasteiger partial charge on any atom is -0.480 e. The molecule has 1 atom stereocenters. The van der Waals surface area contributed by atoms with Crippen LogP contribution in [0.4, 0.5) is 0 Å². The molecule has 4 nitrogen and oxygen atoms in total. The Hall–Kier alpha value is -0.610. The number of carboxylic acid groups (broad SMARTS) is 1. The fraction of sp³-hybridized carbons (Fsp3) is 0.933. The van der Waals surface area contributed by atoms with E-state index in [0.29, 0.717) is 5.92 Å². The minimum absolute atomic E-state index is 0.170. The van der Waals surface area contributed by atoms with Crippen molar-refractivity contribution < 1.29 is 9.90 Å². The molecule has 112 valence electrons. The lowest BCUT2D eigenvalue weighted by molar-refractivity contribution is -0.144. The minimum atomic E-state index is -0.659. The summed E-state index contributed by atoms with van der Waals surface area (Å²) >= 11 is 0. The van der Waals surface area contributed by atoms with E-state index in [1.807, 2.05) is 0 Å². The number of carboxylic acids is 1. The van der Waals surface area contributed by atoms with Gasteiger partial charge in [0.15, 0.2) is 0 Å². The Morgan fingerprint density at radius 1 is 1.37 bits per heavy atom. The molecule has 1 fully saturated rings. The Kier molecular flexibility index (Phi) is 6.27. The highest BCUT2D eigenvalue weighted by Gasteiger charge is 2.29. The second-order valence-corrected chi connectivity index (χ2v) is 6.75. The summed E-state index contributed by atoms with van der Waals surface area (Å²) in [6, 6.07) is -0.276. The molecule has 0 radical (unpaired) electrons. The summed E-state index contributed by atoms with van der Waals surface area (Å²) in [4.78, 5) is 13.4. The predicted molar refractivity (Wildman–Crippen MR) is 78.4 cm³/mol. The van der Waals surface area contributed by atoms with Gasteiger partial charge in [-0.3, -0.25) is 9.69 Å². The summed E-state index contributed by atoms with van der Waals surface area (Å²) in [5, 5.41) is 12.8. The zero-order chi connectivity index (χ0) is 14.5. The third-order valence-electron chi connectivity index (χ3n) is 3.86. The average Bonchev–Trinajstić information content (AvgIpc) is 2.33. The molecule has 0 amide bonds. The molecule has 0 aliphatic carbocycles. The third kappa shape index (κ3) is 5.91. The first kappa shape index (κ1) is 16.4. The topological polar surface area (TPSA) is 52.6 Å². The molecule has 2 N–H and O–H groups in total. The van der Waals surface area contributed by atoms with Gasteiger partial charge < -0.3 is 10.4 Å². The number of rotatable bonds is 6. The normalized spacial score (nSPS) is 20.4. The molecule has 1 aliphatic rings. The van der Waals surface area contributed by atoms with Gasteiger partial charge in [0.1, 0.15) is 6.04 Å². The molecule has 0 aromatic heterocycles. The van der Waals surface area contributed by atoms with E-state index >= 15 is 0 Å². The van der Waals surface area contributed by atoms with E-state index in [1.165, 1.54) is 0 Å². The van der Waals surface area contributed by atoms with Gasteiger partial charge in [0.25, 0.3) is 0 Å². The summed E-state index contributed by atoms with van der Waals surface area (Å²) in [7, 11) is 0. The monoisotopic (exact) mass is 270 g/mol. The van der Waals surface area contributed by atoms with Crippen molar-refractivity contribution >= 4 is 5.97 Å². The molecule has 0 aromatic rings. The summed E-state index contributed by atoms with van der Waals surface area (Å²) in [6.45, 7) is 11.5. The van der Waals surface area contributed by atoms with Crippen LogP contribution >= 0.6 is 0 Å². The highest BCUT2D eigenvalue weighted by Crippen LogP contribution is 2.21. The number of hydrogen-bond donors (Lipinski definition) is 2. The van der Waals surface area contributed by atoms with Crippen molar-refractivity contribution in [3.63, 3.8) is 0 Å². The van der Waals surface area contributed by atoms with Crippen LogP contribution in [0.3, 0.4) is 0 Å². The Morgan fingerprint density at radius 2 is 1.95 bits per heavy atom. The van der Waals surface area contributed by atoms with E-state index in [9.17, 15) is 9.90 Å². The van der Waals surface area contributed by atoms with E-state index in [0.717, 1.165) is 45.3 Å². The van der Waals surface area contributed by atoms with E-state index in [-0.39, 0.29) is 11.6 Å². The Bertz CT molecular complexity index is 278. The van der Waals surface area contributed by atoms with Crippen molar-refractivity contribution in [2.75, 3.05) is 19.6 Å². The van der Waals surface area contributed by atoms with Crippen LogP contribution in [0.1, 0.15) is 53.4 Å². The van der Waals surface area contributed by atoms with Crippen LogP contribution in [0.15, 0.2) is 0 Å². The van der Waals surface area contributed by atoms with E-state index in [1.54, 1.807) is 0 Å². The Balaban J connectivity index is 2.37. The summed E-state index contributed by atoms with van der Waals surface area (Å²) in [5.41, 5.74) is 0.170. The second-order valence-electron chi connectivity index (χ2n) is 6.75. The number of nitrogens with zero attached hydrogens (tertiary/aromatic N) is 1. The van der Waals surface area contributed by atoms with Gasteiger partial charge in [0.05, 0.1) is 0 Å². The smallest absolute Gasteiger partial charge is 0.320 e. The molecule has 0 spiro atoms. The van der Waals surface area contributed by atoms with Crippen LogP contribution in [0, 0.1) is 5.92 Å². The first-order chi connectivity index (χ1) is 8.83. The van der Waals surface area contributed by atoms with Crippen molar-refractivity contribution in [3.8, 4) is 0 Å². The lowest BCUT2D eigenvalue weighted by Crippen LogP contribution is -2.48. The number of piperidine rings is 1. The number of likely N-dealkylation sites (tertiary alicyclic amines) is 1. The summed E-state index contributed by atoms with van der Waals surface area (Å²) < 4.78 is 0. The maximum atomic E-state index is 11.3. The van der Waals surface area contributed by atoms with Gasteiger partial charge in [0.2, 0.25) is 0 Å². The molecular formula is C15H30N2O2. The summed E-state index contributed by atoms with van der Waals surface area (Å²) in [6.07, 6.45) is 3.91. The molecule has 1 saturated heterocycles. The number of carbonyl (C=O) groups is 1. The van der Waals surface area contributed by atoms with Crippen molar-refractivity contribution in [2.45, 2.75) is 65.0 Å². The van der Waals surface area contributed by atoms with Gasteiger partial charge in [-0.05, 0) is 65.6 Å². The maximum absolute atomic E-state index is 11.3. The van der Waals surface area contributed by atoms with E-state index in [2.05, 4.69) is 37.9 Å². The van der Waals surface area contributed by atoms with Gasteiger partial charge in [-0.2, -0.15) is 0 Å². The van der Waals surface area contributed by atoms with Crippen LogP contribution in [0.5, 0.6) is 0 Å². The van der Waals surface area contributed by atoms with E-state index < -0.39 is 5.97 Å². The van der Waals surface area contributed by atoms with Crippen LogP contribution in [0.25, 0.3) is 0 Å². The largest absolute Gasteiger partial charge is 0.480 e. The fourth-order valence-corrected chi connectivity index (χ4v) is 2.65. The highest BCUT2D eigenvalue weighted by atomic mass is 16.4. The lowest BCUT2D eigenvalue weighted by atomic mass is 9.94. The van der Waals surface area contributed by atoms with Gasteiger partial charge in [0, 0.05) is 5.54 Å². The zero-order valence-electron chi connectivity index (χ0n) is 12.9. The molecule has 0 bridgehead atoms. The molecule has 19 heavy (non-hydrogen) atoms. The predicted octanol–water partition coefficient (Wildman–Crippen LogP) is 2.34. The third-order valence-corrected chi connectivity index (χ3v) is 3.86. The molecule has 0 aromatic carbocycles. The maximum Gasteiger partial charge on any atom is 0.320 e. The zero-order valence-corrected chi connectivity index (χ0v) is 12.9. The van der Waals surface area contributed by atoms with E-state index in [4.69, 9.17) is 0 Å². The molecule has 4 heteroatoms. The Morgan fingerprint density at radius 3 is 2.37 bits per heavy atom. The molecule has 1 heterocycles. The van der Waals surface area contributed by atoms with Crippen molar-refractivity contribution in [1.29, 1.82) is 0 Å². The highest BCUT2D eigenvalue weighted by molar-refractivity contribution is 5.73. The quantitative estimate of drug-likeness (QED) is 0.778. The molecule has 1 unspecified atom stereocenters. The van der Waals surface area contributed by atoms with Crippen molar-refractivity contribution in [2.24, 2.45) is 5.92 Å². The van der Waals surface area contributed by atoms with Crippen molar-refractivity contribution in [3.05, 3.63) is 0 Å². The molecule has 0 saturated carbocycles. The molecular weight excluding hydrogens is 240 g/mol. The first-order valence-electron chi connectivity index (χ1n) is 7.55. The van der Waals surface area contributed by atoms with Crippen molar-refractivity contribution in [1.82, 2.24) is 10.2 Å². The Labute approximate surface area is 117 Å². The number of nitrogens with one attached hydrogen (secondary N) is 1. The van der Waals surface area contributed by atoms with Gasteiger partial charge >= 0.3 is 5.97 Å². The van der Waals surface area contributed by atoms with Gasteiger partial charge in [-0.1, -0.05) is 13.3 Å². The standard InChI is InChI=1S/C15H30N2O2/c1-5-6-13(14(18)19)17-9-7-12(8-10-17)11-16-15(2,3)4/h12-13,16H,5-11H2,1-4H3,(H,18,19). The fourth-order valence-electron chi connectivity index (χ4n) is 2.65. The lowest BCUT2D eigenvalue weighted by Gasteiger charge is -2.36. The average molecular weight is 270 g/mol. The van der Waals surface area contributed by atoms with Gasteiger partial charge in [-0.25, -0.2) is 0 Å². The van der Waals surface area contributed by atoms with Crippen LogP contribution in [-0.4, -0.2) is 47.2 Å². The molecule has 1 rings (SSSR count).